The van der Waals surface area contributed by atoms with Crippen LogP contribution in [0.4, 0.5) is 5.69 Å². The van der Waals surface area contributed by atoms with Crippen LogP contribution in [-0.2, 0) is 14.8 Å². The summed E-state index contributed by atoms with van der Waals surface area (Å²) in [5.41, 5.74) is 1.55. The van der Waals surface area contributed by atoms with E-state index in [1.807, 2.05) is 29.2 Å². The zero-order valence-corrected chi connectivity index (χ0v) is 20.2. The Labute approximate surface area is 203 Å². The second kappa shape index (κ2) is 9.37. The minimum absolute atomic E-state index is 0.0232. The van der Waals surface area contributed by atoms with Crippen molar-refractivity contribution in [3.63, 3.8) is 0 Å². The Morgan fingerprint density at radius 3 is 2.35 bits per heavy atom. The molecule has 0 aromatic heterocycles. The molecule has 5 rings (SSSR count). The number of hydrogen-bond donors (Lipinski definition) is 1. The third kappa shape index (κ3) is 4.80. The summed E-state index contributed by atoms with van der Waals surface area (Å²) in [6.07, 6.45) is 7.23. The standard InChI is InChI=1S/C26H25N3O3S2/c27-34(31,32)23-14-12-21(13-15-23)28-26-29(22-8-2-1-3-9-22)25(30)24(33-26)17-18-10-11-19-6-4-5-7-20(19)16-18/h4-7,10-17,22H,1-3,8-9H2,(H2,27,31,32). The van der Waals surface area contributed by atoms with Gasteiger partial charge in [-0.2, -0.15) is 0 Å². The van der Waals surface area contributed by atoms with Gasteiger partial charge >= 0.3 is 0 Å². The molecule has 0 radical (unpaired) electrons. The number of aliphatic imine (C=N–C) groups is 1. The maximum atomic E-state index is 13.5. The lowest BCUT2D eigenvalue weighted by Gasteiger charge is -2.30. The van der Waals surface area contributed by atoms with Gasteiger partial charge in [-0.25, -0.2) is 18.5 Å². The van der Waals surface area contributed by atoms with Crippen LogP contribution in [0.15, 0.2) is 81.5 Å². The van der Waals surface area contributed by atoms with Crippen LogP contribution in [0.3, 0.4) is 0 Å². The SMILES string of the molecule is NS(=O)(=O)c1ccc(N=C2SC(=Cc3ccc4ccccc4c3)C(=O)N2C2CCCCC2)cc1. The first-order valence-corrected chi connectivity index (χ1v) is 13.7. The predicted octanol–water partition coefficient (Wildman–Crippen LogP) is 5.42. The van der Waals surface area contributed by atoms with Gasteiger partial charge in [-0.1, -0.05) is 55.7 Å². The van der Waals surface area contributed by atoms with Crippen LogP contribution < -0.4 is 5.14 Å². The highest BCUT2D eigenvalue weighted by molar-refractivity contribution is 8.18. The quantitative estimate of drug-likeness (QED) is 0.493. The number of fused-ring (bicyclic) bond motifs is 1. The molecule has 3 aromatic rings. The van der Waals surface area contributed by atoms with Crippen LogP contribution in [0.25, 0.3) is 16.8 Å². The molecule has 1 saturated carbocycles. The molecule has 1 amide bonds. The second-order valence-electron chi connectivity index (χ2n) is 8.62. The Bertz CT molecular complexity index is 1410. The number of thioether (sulfide) groups is 1. The molecule has 2 fully saturated rings. The summed E-state index contributed by atoms with van der Waals surface area (Å²) < 4.78 is 23.1. The molecule has 1 saturated heterocycles. The van der Waals surface area contributed by atoms with Gasteiger partial charge in [0.25, 0.3) is 5.91 Å². The fourth-order valence-electron chi connectivity index (χ4n) is 4.50. The van der Waals surface area contributed by atoms with Gasteiger partial charge in [-0.3, -0.25) is 9.69 Å². The summed E-state index contributed by atoms with van der Waals surface area (Å²) in [7, 11) is -3.77. The number of hydrogen-bond acceptors (Lipinski definition) is 5. The minimum atomic E-state index is -3.77. The normalized spacial score (nSPS) is 20.0. The van der Waals surface area contributed by atoms with Crippen LogP contribution in [0, 0.1) is 0 Å². The lowest BCUT2D eigenvalue weighted by molar-refractivity contribution is -0.124. The third-order valence-corrected chi connectivity index (χ3v) is 8.15. The maximum Gasteiger partial charge on any atom is 0.267 e. The predicted molar refractivity (Wildman–Crippen MR) is 138 cm³/mol. The number of carbonyl (C=O) groups is 1. The summed E-state index contributed by atoms with van der Waals surface area (Å²) in [6, 6.07) is 20.5. The number of primary sulfonamides is 1. The van der Waals surface area contributed by atoms with Gasteiger partial charge in [0.15, 0.2) is 5.17 Å². The average Bonchev–Trinajstić information content (AvgIpc) is 3.13. The number of carbonyl (C=O) groups excluding carboxylic acids is 1. The van der Waals surface area contributed by atoms with E-state index < -0.39 is 10.0 Å². The lowest BCUT2D eigenvalue weighted by Crippen LogP contribution is -2.40. The summed E-state index contributed by atoms with van der Waals surface area (Å²) in [5.74, 6) is -0.0232. The van der Waals surface area contributed by atoms with Crippen LogP contribution in [0.5, 0.6) is 0 Å². The Hall–Kier alpha value is -2.94. The van der Waals surface area contributed by atoms with Gasteiger partial charge in [-0.05, 0) is 77.3 Å². The molecule has 0 unspecified atom stereocenters. The van der Waals surface area contributed by atoms with Gasteiger partial charge < -0.3 is 0 Å². The fraction of sp³-hybridized carbons (Fsp3) is 0.231. The lowest BCUT2D eigenvalue weighted by atomic mass is 9.94. The zero-order valence-electron chi connectivity index (χ0n) is 18.6. The van der Waals surface area contributed by atoms with Crippen molar-refractivity contribution in [3.05, 3.63) is 77.2 Å². The summed E-state index contributed by atoms with van der Waals surface area (Å²) in [5, 5.41) is 8.12. The molecule has 2 N–H and O–H groups in total. The molecule has 6 nitrogen and oxygen atoms in total. The molecule has 2 aliphatic rings. The van der Waals surface area contributed by atoms with Crippen molar-refractivity contribution >= 4 is 55.4 Å². The molecular weight excluding hydrogens is 466 g/mol. The molecule has 1 aliphatic heterocycles. The highest BCUT2D eigenvalue weighted by Crippen LogP contribution is 2.38. The maximum absolute atomic E-state index is 13.5. The monoisotopic (exact) mass is 491 g/mol. The largest absolute Gasteiger partial charge is 0.283 e. The van der Waals surface area contributed by atoms with Crippen molar-refractivity contribution < 1.29 is 13.2 Å². The first kappa shape index (κ1) is 22.8. The van der Waals surface area contributed by atoms with Crippen molar-refractivity contribution in [2.45, 2.75) is 43.0 Å². The van der Waals surface area contributed by atoms with Crippen LogP contribution in [0.1, 0.15) is 37.7 Å². The van der Waals surface area contributed by atoms with Gasteiger partial charge in [0.2, 0.25) is 10.0 Å². The van der Waals surface area contributed by atoms with Crippen molar-refractivity contribution in [1.29, 1.82) is 0 Å². The topological polar surface area (TPSA) is 92.8 Å². The van der Waals surface area contributed by atoms with E-state index in [1.165, 1.54) is 30.3 Å². The van der Waals surface area contributed by atoms with E-state index in [9.17, 15) is 13.2 Å². The van der Waals surface area contributed by atoms with Gasteiger partial charge in [0, 0.05) is 6.04 Å². The molecule has 34 heavy (non-hydrogen) atoms. The molecule has 3 aromatic carbocycles. The van der Waals surface area contributed by atoms with Crippen LogP contribution >= 0.6 is 11.8 Å². The van der Waals surface area contributed by atoms with Crippen molar-refractivity contribution in [1.82, 2.24) is 4.90 Å². The van der Waals surface area contributed by atoms with E-state index in [4.69, 9.17) is 10.1 Å². The number of rotatable bonds is 4. The Morgan fingerprint density at radius 2 is 1.65 bits per heavy atom. The first-order chi connectivity index (χ1) is 16.4. The smallest absolute Gasteiger partial charge is 0.267 e. The summed E-state index contributed by atoms with van der Waals surface area (Å²) in [4.78, 5) is 20.8. The average molecular weight is 492 g/mol. The van der Waals surface area contributed by atoms with E-state index in [0.717, 1.165) is 42.0 Å². The summed E-state index contributed by atoms with van der Waals surface area (Å²) in [6.45, 7) is 0. The minimum Gasteiger partial charge on any atom is -0.283 e. The second-order valence-corrected chi connectivity index (χ2v) is 11.2. The van der Waals surface area contributed by atoms with E-state index >= 15 is 0 Å². The Kier molecular flexibility index (Phi) is 6.29. The Balaban J connectivity index is 1.50. The molecule has 0 atom stereocenters. The molecule has 0 bridgehead atoms. The fourth-order valence-corrected chi connectivity index (χ4v) is 6.07. The molecule has 1 aliphatic carbocycles. The van der Waals surface area contributed by atoms with E-state index in [2.05, 4.69) is 24.3 Å². The van der Waals surface area contributed by atoms with Crippen LogP contribution in [0.2, 0.25) is 0 Å². The van der Waals surface area contributed by atoms with Crippen LogP contribution in [-0.4, -0.2) is 30.4 Å². The molecule has 8 heteroatoms. The van der Waals surface area contributed by atoms with Gasteiger partial charge in [0.05, 0.1) is 15.5 Å². The first-order valence-electron chi connectivity index (χ1n) is 11.3. The number of sulfonamides is 1. The number of nitrogens with zero attached hydrogens (tertiary/aromatic N) is 2. The molecule has 1 heterocycles. The van der Waals surface area contributed by atoms with E-state index in [-0.39, 0.29) is 16.8 Å². The number of amidine groups is 1. The van der Waals surface area contributed by atoms with Crippen molar-refractivity contribution in [2.24, 2.45) is 10.1 Å². The highest BCUT2D eigenvalue weighted by atomic mass is 32.2. The van der Waals surface area contributed by atoms with Gasteiger partial charge in [-0.15, -0.1) is 0 Å². The van der Waals surface area contributed by atoms with Gasteiger partial charge in [0.1, 0.15) is 0 Å². The zero-order chi connectivity index (χ0) is 23.7. The van der Waals surface area contributed by atoms with Crippen molar-refractivity contribution in [2.75, 3.05) is 0 Å². The van der Waals surface area contributed by atoms with E-state index in [1.54, 1.807) is 12.1 Å². The molecule has 174 valence electrons. The third-order valence-electron chi connectivity index (χ3n) is 6.24. The summed E-state index contributed by atoms with van der Waals surface area (Å²) >= 11 is 1.37. The highest BCUT2D eigenvalue weighted by Gasteiger charge is 2.38. The Morgan fingerprint density at radius 1 is 0.941 bits per heavy atom. The van der Waals surface area contributed by atoms with E-state index in [0.29, 0.717) is 15.8 Å². The number of benzene rings is 3. The number of nitrogens with two attached hydrogens (primary N) is 1. The molecule has 0 spiro atoms. The number of amides is 1. The van der Waals surface area contributed by atoms with Crippen molar-refractivity contribution in [3.8, 4) is 0 Å². The molecular formula is C26H25N3O3S2.